The minimum Gasteiger partial charge on any atom is -0.373 e. The van der Waals surface area contributed by atoms with E-state index in [1.54, 1.807) is 0 Å². The maximum Gasteiger partial charge on any atom is 0.322 e. The predicted molar refractivity (Wildman–Crippen MR) is 115 cm³/mol. The van der Waals surface area contributed by atoms with Crippen LogP contribution in [0.2, 0.25) is 0 Å². The van der Waals surface area contributed by atoms with Crippen LogP contribution in [-0.2, 0) is 27.4 Å². The summed E-state index contributed by atoms with van der Waals surface area (Å²) in [5, 5.41) is 8.06. The number of hydrogen-bond acceptors (Lipinski definition) is 5. The second-order valence-electron chi connectivity index (χ2n) is 9.25. The zero-order chi connectivity index (χ0) is 22.0. The average Bonchev–Trinajstić information content (AvgIpc) is 2.99. The molecule has 4 rings (SSSR count). The third-order valence-electron chi connectivity index (χ3n) is 6.62. The monoisotopic (exact) mass is 428 g/mol. The summed E-state index contributed by atoms with van der Waals surface area (Å²) in [4.78, 5) is 38.5. The fourth-order valence-corrected chi connectivity index (χ4v) is 5.02. The lowest BCUT2D eigenvalue weighted by atomic mass is 9.76. The molecule has 0 aromatic heterocycles. The smallest absolute Gasteiger partial charge is 0.322 e. The van der Waals surface area contributed by atoms with E-state index in [0.717, 1.165) is 25.2 Å². The van der Waals surface area contributed by atoms with Crippen LogP contribution in [0.15, 0.2) is 24.3 Å². The number of nitrogens with one attached hydrogen (secondary N) is 3. The van der Waals surface area contributed by atoms with Crippen LogP contribution in [0.5, 0.6) is 0 Å². The van der Waals surface area contributed by atoms with Gasteiger partial charge in [-0.2, -0.15) is 0 Å². The van der Waals surface area contributed by atoms with Crippen LogP contribution in [0.25, 0.3) is 0 Å². The summed E-state index contributed by atoms with van der Waals surface area (Å²) in [6.07, 6.45) is 2.69. The van der Waals surface area contributed by atoms with Crippen molar-refractivity contribution < 1.29 is 19.1 Å². The molecular formula is C23H32N4O4. The maximum atomic E-state index is 12.6. The third kappa shape index (κ3) is 5.07. The topological polar surface area (TPSA) is 99.8 Å². The number of carbonyl (C=O) groups excluding carboxylic acids is 3. The van der Waals surface area contributed by atoms with Crippen LogP contribution in [-0.4, -0.2) is 53.6 Å². The van der Waals surface area contributed by atoms with Gasteiger partial charge in [0.1, 0.15) is 5.54 Å². The summed E-state index contributed by atoms with van der Waals surface area (Å²) in [5.74, 6) is -0.377. The van der Waals surface area contributed by atoms with Gasteiger partial charge in [0.25, 0.3) is 5.91 Å². The molecule has 3 fully saturated rings. The number of ether oxygens (including phenoxy) is 1. The molecule has 2 saturated heterocycles. The number of hydrogen-bond donors (Lipinski definition) is 3. The van der Waals surface area contributed by atoms with Crippen molar-refractivity contribution in [2.45, 2.75) is 70.4 Å². The van der Waals surface area contributed by atoms with Crippen molar-refractivity contribution >= 4 is 17.8 Å². The van der Waals surface area contributed by atoms with Crippen LogP contribution in [0.3, 0.4) is 0 Å². The molecule has 3 N–H and O–H groups in total. The number of benzene rings is 1. The molecule has 1 aromatic carbocycles. The van der Waals surface area contributed by atoms with Crippen LogP contribution in [0, 0.1) is 5.92 Å². The van der Waals surface area contributed by atoms with Gasteiger partial charge in [-0.25, -0.2) is 4.79 Å². The molecule has 0 bridgehead atoms. The largest absolute Gasteiger partial charge is 0.373 e. The first-order valence-electron chi connectivity index (χ1n) is 11.2. The summed E-state index contributed by atoms with van der Waals surface area (Å²) in [5.41, 5.74) is 1.50. The third-order valence-corrected chi connectivity index (χ3v) is 6.62. The zero-order valence-corrected chi connectivity index (χ0v) is 18.3. The molecule has 168 valence electrons. The van der Waals surface area contributed by atoms with Gasteiger partial charge >= 0.3 is 6.03 Å². The first-order chi connectivity index (χ1) is 14.8. The van der Waals surface area contributed by atoms with Gasteiger partial charge in [0.15, 0.2) is 0 Å². The van der Waals surface area contributed by atoms with Gasteiger partial charge in [-0.05, 0) is 50.7 Å². The fraction of sp³-hybridized carbons (Fsp3) is 0.609. The standard InChI is InChI=1S/C23H32N4O4/c1-15-12-27(13-16(2)31-15)14-18-5-3-17(4-6-18)11-24-20(28)19-7-9-23(10-8-19)21(29)25-22(30)26-23/h3-6,15-16,19H,7-14H2,1-2H3,(H,24,28)(H2,25,26,29,30). The number of carbonyl (C=O) groups is 3. The molecule has 4 amide bonds. The Morgan fingerprint density at radius 3 is 2.29 bits per heavy atom. The molecule has 1 spiro atoms. The minimum atomic E-state index is -0.820. The molecule has 0 radical (unpaired) electrons. The van der Waals surface area contributed by atoms with E-state index in [1.807, 2.05) is 0 Å². The Kier molecular flexibility index (Phi) is 6.29. The van der Waals surface area contributed by atoms with Gasteiger partial charge in [-0.1, -0.05) is 24.3 Å². The van der Waals surface area contributed by atoms with Crippen LogP contribution >= 0.6 is 0 Å². The predicted octanol–water partition coefficient (Wildman–Crippen LogP) is 1.68. The Morgan fingerprint density at radius 2 is 1.71 bits per heavy atom. The number of morpholine rings is 1. The van der Waals surface area contributed by atoms with Gasteiger partial charge in [-0.15, -0.1) is 0 Å². The van der Waals surface area contributed by atoms with E-state index in [-0.39, 0.29) is 29.9 Å². The maximum absolute atomic E-state index is 12.6. The molecule has 8 heteroatoms. The van der Waals surface area contributed by atoms with E-state index in [9.17, 15) is 14.4 Å². The van der Waals surface area contributed by atoms with Gasteiger partial charge in [0, 0.05) is 32.1 Å². The highest BCUT2D eigenvalue weighted by molar-refractivity contribution is 6.07. The fourth-order valence-electron chi connectivity index (χ4n) is 5.02. The highest BCUT2D eigenvalue weighted by Gasteiger charge is 2.48. The summed E-state index contributed by atoms with van der Waals surface area (Å²) >= 11 is 0. The summed E-state index contributed by atoms with van der Waals surface area (Å²) in [6.45, 7) is 7.49. The number of rotatable bonds is 5. The lowest BCUT2D eigenvalue weighted by molar-refractivity contribution is -0.130. The molecule has 2 atom stereocenters. The molecule has 1 aromatic rings. The normalized spacial score (nSPS) is 31.4. The van der Waals surface area contributed by atoms with Crippen molar-refractivity contribution in [1.29, 1.82) is 0 Å². The SMILES string of the molecule is CC1CN(Cc2ccc(CNC(=O)C3CCC4(CC3)NC(=O)NC4=O)cc2)CC(C)O1. The first-order valence-corrected chi connectivity index (χ1v) is 11.2. The Labute approximate surface area is 183 Å². The van der Waals surface area contributed by atoms with Crippen molar-refractivity contribution in [3.8, 4) is 0 Å². The van der Waals surface area contributed by atoms with E-state index in [2.05, 4.69) is 59.0 Å². The van der Waals surface area contributed by atoms with Crippen LogP contribution < -0.4 is 16.0 Å². The molecule has 8 nitrogen and oxygen atoms in total. The second kappa shape index (κ2) is 8.96. The quantitative estimate of drug-likeness (QED) is 0.620. The van der Waals surface area contributed by atoms with Gasteiger partial charge in [-0.3, -0.25) is 19.8 Å². The Balaban J connectivity index is 1.23. The highest BCUT2D eigenvalue weighted by Crippen LogP contribution is 2.34. The highest BCUT2D eigenvalue weighted by atomic mass is 16.5. The first kappa shape index (κ1) is 21.8. The second-order valence-corrected chi connectivity index (χ2v) is 9.25. The molecule has 1 aliphatic carbocycles. The summed E-state index contributed by atoms with van der Waals surface area (Å²) in [7, 11) is 0. The van der Waals surface area contributed by atoms with E-state index in [1.165, 1.54) is 5.56 Å². The molecule has 2 aliphatic heterocycles. The molecule has 3 aliphatic rings. The molecule has 1 saturated carbocycles. The van der Waals surface area contributed by atoms with Crippen LogP contribution in [0.1, 0.15) is 50.7 Å². The van der Waals surface area contributed by atoms with Gasteiger partial charge < -0.3 is 15.4 Å². The number of imide groups is 1. The lowest BCUT2D eigenvalue weighted by Crippen LogP contribution is -2.50. The molecule has 31 heavy (non-hydrogen) atoms. The van der Waals surface area contributed by atoms with Crippen molar-refractivity contribution in [1.82, 2.24) is 20.9 Å². The van der Waals surface area contributed by atoms with E-state index < -0.39 is 11.6 Å². The lowest BCUT2D eigenvalue weighted by Gasteiger charge is -2.35. The van der Waals surface area contributed by atoms with Crippen molar-refractivity contribution in [2.24, 2.45) is 5.92 Å². The van der Waals surface area contributed by atoms with Crippen LogP contribution in [0.4, 0.5) is 4.79 Å². The minimum absolute atomic E-state index is 0.0138. The average molecular weight is 429 g/mol. The summed E-state index contributed by atoms with van der Waals surface area (Å²) < 4.78 is 5.79. The van der Waals surface area contributed by atoms with E-state index in [4.69, 9.17) is 4.74 Å². The van der Waals surface area contributed by atoms with Gasteiger partial charge in [0.05, 0.1) is 12.2 Å². The molecular weight excluding hydrogens is 396 g/mol. The Bertz CT molecular complexity index is 822. The van der Waals surface area contributed by atoms with E-state index >= 15 is 0 Å². The summed E-state index contributed by atoms with van der Waals surface area (Å²) in [6, 6.07) is 7.94. The van der Waals surface area contributed by atoms with Crippen molar-refractivity contribution in [3.63, 3.8) is 0 Å². The zero-order valence-electron chi connectivity index (χ0n) is 18.3. The number of amides is 4. The van der Waals surface area contributed by atoms with Gasteiger partial charge in [0.2, 0.25) is 5.91 Å². The van der Waals surface area contributed by atoms with E-state index in [0.29, 0.717) is 32.2 Å². The number of urea groups is 1. The van der Waals surface area contributed by atoms with Crippen molar-refractivity contribution in [3.05, 3.63) is 35.4 Å². The molecule has 2 unspecified atom stereocenters. The Hall–Kier alpha value is -2.45. The van der Waals surface area contributed by atoms with Crippen molar-refractivity contribution in [2.75, 3.05) is 13.1 Å². The Morgan fingerprint density at radius 1 is 1.10 bits per heavy atom. The molecule has 2 heterocycles. The number of nitrogens with zero attached hydrogens (tertiary/aromatic N) is 1.